The van der Waals surface area contributed by atoms with Crippen molar-refractivity contribution in [1.29, 1.82) is 0 Å². The van der Waals surface area contributed by atoms with Crippen LogP contribution in [0.25, 0.3) is 0 Å². The summed E-state index contributed by atoms with van der Waals surface area (Å²) in [6.45, 7) is 32.2. The Hall–Kier alpha value is -1.88. The van der Waals surface area contributed by atoms with Gasteiger partial charge in [-0.25, -0.2) is 9.59 Å². The molecule has 0 bridgehead atoms. The molecule has 1 aliphatic heterocycles. The first kappa shape index (κ1) is 35.1. The first-order valence-electron chi connectivity index (χ1n) is 14.7. The second kappa shape index (κ2) is 13.7. The Morgan fingerprint density at radius 1 is 0.974 bits per heavy atom. The van der Waals surface area contributed by atoms with Gasteiger partial charge in [0.1, 0.15) is 0 Å². The van der Waals surface area contributed by atoms with Gasteiger partial charge in [0, 0.05) is 12.2 Å². The standard InChI is InChI=1S/C34H58O5/c1-14-28(35)37-20-19-30(6,7)21-25(4)17-18-32(10,11)33(12,13)24-34(16-3)27(39-34)23-31(8,9)22-26(5)38-29(36)15-2/h14-15,17,26-27H,1-2,16,18-24H2,3-13H3. The third-order valence-electron chi connectivity index (χ3n) is 9.05. The van der Waals surface area contributed by atoms with Gasteiger partial charge < -0.3 is 14.2 Å². The average molecular weight is 547 g/mol. The molecule has 0 spiro atoms. The summed E-state index contributed by atoms with van der Waals surface area (Å²) in [6, 6.07) is 0. The second-order valence-corrected chi connectivity index (χ2v) is 14.7. The van der Waals surface area contributed by atoms with Crippen molar-refractivity contribution in [3.05, 3.63) is 37.0 Å². The smallest absolute Gasteiger partial charge is 0.330 e. The lowest BCUT2D eigenvalue weighted by Crippen LogP contribution is -2.37. The SMILES string of the molecule is C=CC(=O)OCCC(C)(C)CC(C)=CCC(C)(C)C(C)(C)CC1(CC)OC1CC(C)(C)CC(C)OC(=O)C=C. The molecule has 5 nitrogen and oxygen atoms in total. The van der Waals surface area contributed by atoms with Crippen molar-refractivity contribution in [1.82, 2.24) is 0 Å². The quantitative estimate of drug-likeness (QED) is 0.0744. The zero-order chi connectivity index (χ0) is 30.3. The summed E-state index contributed by atoms with van der Waals surface area (Å²) in [6.07, 6.45) is 11.4. The highest BCUT2D eigenvalue weighted by atomic mass is 16.6. The monoisotopic (exact) mass is 546 g/mol. The molecule has 0 aromatic heterocycles. The maximum Gasteiger partial charge on any atom is 0.330 e. The molecule has 224 valence electrons. The lowest BCUT2D eigenvalue weighted by Gasteiger charge is -2.43. The molecule has 0 aliphatic carbocycles. The molecule has 1 saturated heterocycles. The third-order valence-corrected chi connectivity index (χ3v) is 9.05. The molecule has 39 heavy (non-hydrogen) atoms. The molecule has 0 saturated carbocycles. The van der Waals surface area contributed by atoms with Gasteiger partial charge >= 0.3 is 11.9 Å². The fourth-order valence-corrected chi connectivity index (χ4v) is 5.82. The minimum absolute atomic E-state index is 0.00121. The number of hydrogen-bond acceptors (Lipinski definition) is 5. The molecule has 1 rings (SSSR count). The van der Waals surface area contributed by atoms with Crippen LogP contribution in [0.1, 0.15) is 121 Å². The molecule has 0 aromatic carbocycles. The number of esters is 2. The van der Waals surface area contributed by atoms with Crippen molar-refractivity contribution >= 4 is 11.9 Å². The lowest BCUT2D eigenvalue weighted by molar-refractivity contribution is -0.143. The van der Waals surface area contributed by atoms with E-state index < -0.39 is 0 Å². The van der Waals surface area contributed by atoms with Crippen LogP contribution >= 0.6 is 0 Å². The topological polar surface area (TPSA) is 65.1 Å². The molecule has 1 heterocycles. The number of ether oxygens (including phenoxy) is 3. The van der Waals surface area contributed by atoms with E-state index in [4.69, 9.17) is 14.2 Å². The predicted molar refractivity (Wildman–Crippen MR) is 161 cm³/mol. The van der Waals surface area contributed by atoms with Crippen molar-refractivity contribution in [2.75, 3.05) is 6.61 Å². The van der Waals surface area contributed by atoms with Crippen LogP contribution in [-0.4, -0.2) is 36.4 Å². The largest absolute Gasteiger partial charge is 0.463 e. The highest BCUT2D eigenvalue weighted by molar-refractivity contribution is 5.81. The highest BCUT2D eigenvalue weighted by Gasteiger charge is 2.59. The number of carbonyl (C=O) groups excluding carboxylic acids is 2. The van der Waals surface area contributed by atoms with Crippen molar-refractivity contribution in [3.63, 3.8) is 0 Å². The number of allylic oxidation sites excluding steroid dienone is 2. The summed E-state index contributed by atoms with van der Waals surface area (Å²) < 4.78 is 17.1. The minimum atomic E-state index is -0.366. The van der Waals surface area contributed by atoms with Crippen LogP contribution in [0.5, 0.6) is 0 Å². The van der Waals surface area contributed by atoms with Crippen LogP contribution in [0.2, 0.25) is 0 Å². The van der Waals surface area contributed by atoms with E-state index in [2.05, 4.69) is 88.5 Å². The normalized spacial score (nSPS) is 21.2. The maximum atomic E-state index is 11.6. The first-order valence-corrected chi connectivity index (χ1v) is 14.7. The molecule has 1 aliphatic rings. The number of epoxide rings is 1. The van der Waals surface area contributed by atoms with Crippen LogP contribution in [-0.2, 0) is 23.8 Å². The van der Waals surface area contributed by atoms with E-state index in [1.807, 2.05) is 6.92 Å². The van der Waals surface area contributed by atoms with E-state index in [0.717, 1.165) is 44.9 Å². The van der Waals surface area contributed by atoms with E-state index in [0.29, 0.717) is 6.61 Å². The summed E-state index contributed by atoms with van der Waals surface area (Å²) in [5.41, 5.74) is 1.48. The van der Waals surface area contributed by atoms with Gasteiger partial charge in [0.2, 0.25) is 0 Å². The van der Waals surface area contributed by atoms with Gasteiger partial charge in [-0.2, -0.15) is 0 Å². The Morgan fingerprint density at radius 2 is 1.56 bits per heavy atom. The zero-order valence-electron chi connectivity index (χ0n) is 27.0. The van der Waals surface area contributed by atoms with Crippen LogP contribution in [0.15, 0.2) is 37.0 Å². The van der Waals surface area contributed by atoms with E-state index in [1.54, 1.807) is 0 Å². The van der Waals surface area contributed by atoms with Crippen LogP contribution < -0.4 is 0 Å². The molecular weight excluding hydrogens is 488 g/mol. The Kier molecular flexibility index (Phi) is 12.3. The van der Waals surface area contributed by atoms with Gasteiger partial charge in [-0.15, -0.1) is 0 Å². The summed E-state index contributed by atoms with van der Waals surface area (Å²) in [7, 11) is 0. The Morgan fingerprint density at radius 3 is 2.10 bits per heavy atom. The first-order chi connectivity index (χ1) is 17.7. The molecule has 3 unspecified atom stereocenters. The Balaban J connectivity index is 2.77. The van der Waals surface area contributed by atoms with Gasteiger partial charge in [0.05, 0.1) is 24.4 Å². The molecule has 0 radical (unpaired) electrons. The third kappa shape index (κ3) is 11.3. The molecular formula is C34H58O5. The lowest BCUT2D eigenvalue weighted by atomic mass is 9.61. The Bertz CT molecular complexity index is 891. The molecule has 0 N–H and O–H groups in total. The van der Waals surface area contributed by atoms with Crippen molar-refractivity contribution < 1.29 is 23.8 Å². The van der Waals surface area contributed by atoms with Gasteiger partial charge in [-0.3, -0.25) is 0 Å². The van der Waals surface area contributed by atoms with Crippen LogP contribution in [0.4, 0.5) is 0 Å². The molecule has 5 heteroatoms. The molecule has 1 fully saturated rings. The fourth-order valence-electron chi connectivity index (χ4n) is 5.82. The van der Waals surface area contributed by atoms with Crippen molar-refractivity contribution in [2.45, 2.75) is 139 Å². The summed E-state index contributed by atoms with van der Waals surface area (Å²) in [5, 5.41) is 0. The van der Waals surface area contributed by atoms with E-state index in [-0.39, 0.29) is 51.4 Å². The number of carbonyl (C=O) groups is 2. The van der Waals surface area contributed by atoms with Crippen LogP contribution in [0.3, 0.4) is 0 Å². The summed E-state index contributed by atoms with van der Waals surface area (Å²) in [4.78, 5) is 22.9. The fraction of sp³-hybridized carbons (Fsp3) is 0.765. The van der Waals surface area contributed by atoms with Crippen molar-refractivity contribution in [2.24, 2.45) is 21.7 Å². The second-order valence-electron chi connectivity index (χ2n) is 14.7. The van der Waals surface area contributed by atoms with Gasteiger partial charge in [-0.1, -0.05) is 87.1 Å². The number of hydrogen-bond donors (Lipinski definition) is 0. The molecule has 0 amide bonds. The van der Waals surface area contributed by atoms with Crippen molar-refractivity contribution in [3.8, 4) is 0 Å². The van der Waals surface area contributed by atoms with E-state index in [9.17, 15) is 9.59 Å². The average Bonchev–Trinajstić information content (AvgIpc) is 3.46. The van der Waals surface area contributed by atoms with Gasteiger partial charge in [0.25, 0.3) is 0 Å². The van der Waals surface area contributed by atoms with E-state index >= 15 is 0 Å². The van der Waals surface area contributed by atoms with Gasteiger partial charge in [-0.05, 0) is 80.5 Å². The maximum absolute atomic E-state index is 11.6. The predicted octanol–water partition coefficient (Wildman–Crippen LogP) is 8.77. The molecule has 0 aromatic rings. The number of rotatable bonds is 18. The minimum Gasteiger partial charge on any atom is -0.463 e. The molecule has 3 atom stereocenters. The summed E-state index contributed by atoms with van der Waals surface area (Å²) >= 11 is 0. The summed E-state index contributed by atoms with van der Waals surface area (Å²) in [5.74, 6) is -0.726. The van der Waals surface area contributed by atoms with Gasteiger partial charge in [0.15, 0.2) is 0 Å². The van der Waals surface area contributed by atoms with E-state index in [1.165, 1.54) is 17.7 Å². The van der Waals surface area contributed by atoms with Crippen LogP contribution in [0, 0.1) is 21.7 Å². The Labute approximate surface area is 239 Å². The zero-order valence-corrected chi connectivity index (χ0v) is 27.0. The highest BCUT2D eigenvalue weighted by Crippen LogP contribution is 2.57.